The summed E-state index contributed by atoms with van der Waals surface area (Å²) in [4.78, 5) is 11.9. The fourth-order valence-corrected chi connectivity index (χ4v) is 2.12. The van der Waals surface area contributed by atoms with E-state index in [9.17, 15) is 4.79 Å². The number of hydrogen-bond acceptors (Lipinski definition) is 2. The summed E-state index contributed by atoms with van der Waals surface area (Å²) in [6, 6.07) is 13.1. The van der Waals surface area contributed by atoms with Gasteiger partial charge >= 0.3 is 5.97 Å². The van der Waals surface area contributed by atoms with Crippen LogP contribution in [0.5, 0.6) is 0 Å². The molecule has 0 unspecified atom stereocenters. The Kier molecular flexibility index (Phi) is 3.17. The third-order valence-corrected chi connectivity index (χ3v) is 3.03. The molecule has 0 fully saturated rings. The zero-order valence-corrected chi connectivity index (χ0v) is 9.28. The number of benzene rings is 1. The second-order valence-corrected chi connectivity index (χ2v) is 4.20. The minimum absolute atomic E-state index is 0.334. The Morgan fingerprint density at radius 3 is 2.44 bits per heavy atom. The molecule has 0 spiro atoms. The smallest absolute Gasteiger partial charge is 0.337 e. The average Bonchev–Trinajstić information content (AvgIpc) is 2.80. The van der Waals surface area contributed by atoms with Crippen LogP contribution < -0.4 is 0 Å². The second kappa shape index (κ2) is 4.77. The van der Waals surface area contributed by atoms with E-state index in [-0.39, 0.29) is 0 Å². The molecule has 0 bridgehead atoms. The normalized spacial score (nSPS) is 11.4. The molecule has 1 aromatic heterocycles. The van der Waals surface area contributed by atoms with Gasteiger partial charge in [0.05, 0.1) is 5.57 Å². The molecular weight excluding hydrogens is 220 g/mol. The van der Waals surface area contributed by atoms with E-state index >= 15 is 0 Å². The summed E-state index contributed by atoms with van der Waals surface area (Å²) >= 11 is 1.43. The van der Waals surface area contributed by atoms with Crippen molar-refractivity contribution in [2.75, 3.05) is 0 Å². The highest BCUT2D eigenvalue weighted by Gasteiger charge is 2.10. The molecule has 1 N–H and O–H groups in total. The van der Waals surface area contributed by atoms with E-state index in [1.54, 1.807) is 6.08 Å². The lowest BCUT2D eigenvalue weighted by molar-refractivity contribution is -0.130. The Labute approximate surface area is 97.5 Å². The summed E-state index contributed by atoms with van der Waals surface area (Å²) in [6.07, 6.45) is 1.69. The number of carboxylic acid groups (broad SMARTS) is 1. The molecule has 16 heavy (non-hydrogen) atoms. The van der Waals surface area contributed by atoms with E-state index in [0.717, 1.165) is 10.4 Å². The van der Waals surface area contributed by atoms with Crippen LogP contribution in [-0.4, -0.2) is 11.1 Å². The van der Waals surface area contributed by atoms with Crippen molar-refractivity contribution in [3.05, 3.63) is 58.3 Å². The van der Waals surface area contributed by atoms with Crippen molar-refractivity contribution in [1.82, 2.24) is 0 Å². The van der Waals surface area contributed by atoms with Crippen molar-refractivity contribution in [1.29, 1.82) is 0 Å². The quantitative estimate of drug-likeness (QED) is 0.821. The predicted molar refractivity (Wildman–Crippen MR) is 66.3 cm³/mol. The Morgan fingerprint density at radius 1 is 1.12 bits per heavy atom. The lowest BCUT2D eigenvalue weighted by atomic mass is 10.1. The van der Waals surface area contributed by atoms with Crippen LogP contribution in [0.25, 0.3) is 11.6 Å². The van der Waals surface area contributed by atoms with E-state index in [2.05, 4.69) is 0 Å². The van der Waals surface area contributed by atoms with Crippen molar-refractivity contribution in [3.63, 3.8) is 0 Å². The number of carbonyl (C=O) groups is 1. The number of thiophene rings is 1. The zero-order valence-electron chi connectivity index (χ0n) is 8.46. The van der Waals surface area contributed by atoms with Crippen molar-refractivity contribution in [2.45, 2.75) is 0 Å². The van der Waals surface area contributed by atoms with Crippen LogP contribution in [0.2, 0.25) is 0 Å². The molecule has 0 saturated carbocycles. The predicted octanol–water partition coefficient (Wildman–Crippen LogP) is 3.37. The van der Waals surface area contributed by atoms with Gasteiger partial charge in [-0.25, -0.2) is 4.79 Å². The minimum Gasteiger partial charge on any atom is -0.478 e. The van der Waals surface area contributed by atoms with Crippen LogP contribution in [0.15, 0.2) is 47.8 Å². The maximum Gasteiger partial charge on any atom is 0.337 e. The van der Waals surface area contributed by atoms with Crippen LogP contribution in [0.3, 0.4) is 0 Å². The summed E-state index contributed by atoms with van der Waals surface area (Å²) in [5, 5.41) is 11.0. The van der Waals surface area contributed by atoms with Crippen LogP contribution in [-0.2, 0) is 4.79 Å². The van der Waals surface area contributed by atoms with Gasteiger partial charge in [-0.2, -0.15) is 0 Å². The molecule has 0 radical (unpaired) electrons. The Hall–Kier alpha value is -1.87. The van der Waals surface area contributed by atoms with Crippen molar-refractivity contribution in [2.24, 2.45) is 0 Å². The highest BCUT2D eigenvalue weighted by atomic mass is 32.1. The van der Waals surface area contributed by atoms with Gasteiger partial charge in [0, 0.05) is 4.88 Å². The molecule has 2 nitrogen and oxygen atoms in total. The summed E-state index contributed by atoms with van der Waals surface area (Å²) in [5.41, 5.74) is 1.23. The van der Waals surface area contributed by atoms with Crippen LogP contribution >= 0.6 is 11.3 Å². The van der Waals surface area contributed by atoms with Gasteiger partial charge in [-0.15, -0.1) is 11.3 Å². The summed E-state index contributed by atoms with van der Waals surface area (Å²) < 4.78 is 0. The Morgan fingerprint density at radius 2 is 1.88 bits per heavy atom. The van der Waals surface area contributed by atoms with Crippen molar-refractivity contribution in [3.8, 4) is 0 Å². The van der Waals surface area contributed by atoms with Crippen LogP contribution in [0.1, 0.15) is 10.4 Å². The summed E-state index contributed by atoms with van der Waals surface area (Å²) in [6.45, 7) is 0. The van der Waals surface area contributed by atoms with E-state index in [1.807, 2.05) is 47.8 Å². The first-order chi connectivity index (χ1) is 7.77. The number of aliphatic carboxylic acids is 1. The molecule has 2 aromatic rings. The molecule has 3 heteroatoms. The monoisotopic (exact) mass is 230 g/mol. The molecule has 1 heterocycles. The Balaban J connectivity index is 2.42. The molecule has 0 atom stereocenters. The standard InChI is InChI=1S/C13H10O2S/c14-13(15)11(12-7-4-8-16-12)9-10-5-2-1-3-6-10/h1-9H,(H,14,15). The third kappa shape index (κ3) is 2.38. The first-order valence-corrected chi connectivity index (χ1v) is 5.69. The lowest BCUT2D eigenvalue weighted by Crippen LogP contribution is -1.97. The SMILES string of the molecule is O=C(O)C(=Cc1ccccc1)c1cccs1. The van der Waals surface area contributed by atoms with Crippen molar-refractivity contribution < 1.29 is 9.90 Å². The molecule has 0 aliphatic heterocycles. The largest absolute Gasteiger partial charge is 0.478 e. The van der Waals surface area contributed by atoms with E-state index in [4.69, 9.17) is 5.11 Å². The van der Waals surface area contributed by atoms with Crippen LogP contribution in [0, 0.1) is 0 Å². The van der Waals surface area contributed by atoms with Gasteiger partial charge in [-0.05, 0) is 23.1 Å². The molecule has 0 aliphatic carbocycles. The van der Waals surface area contributed by atoms with Gasteiger partial charge < -0.3 is 5.11 Å². The maximum atomic E-state index is 11.1. The van der Waals surface area contributed by atoms with Crippen LogP contribution in [0.4, 0.5) is 0 Å². The van der Waals surface area contributed by atoms with Gasteiger partial charge in [-0.3, -0.25) is 0 Å². The second-order valence-electron chi connectivity index (χ2n) is 3.25. The third-order valence-electron chi connectivity index (χ3n) is 2.13. The molecule has 2 rings (SSSR count). The Bertz CT molecular complexity index is 498. The van der Waals surface area contributed by atoms with E-state index in [1.165, 1.54) is 11.3 Å². The van der Waals surface area contributed by atoms with E-state index in [0.29, 0.717) is 5.57 Å². The molecule has 1 aromatic carbocycles. The first kappa shape index (κ1) is 10.6. The summed E-state index contributed by atoms with van der Waals surface area (Å²) in [7, 11) is 0. The molecule has 0 amide bonds. The fourth-order valence-electron chi connectivity index (χ4n) is 1.39. The lowest BCUT2D eigenvalue weighted by Gasteiger charge is -1.99. The average molecular weight is 230 g/mol. The minimum atomic E-state index is -0.897. The van der Waals surface area contributed by atoms with Gasteiger partial charge in [0.25, 0.3) is 0 Å². The first-order valence-electron chi connectivity index (χ1n) is 4.81. The molecular formula is C13H10O2S. The van der Waals surface area contributed by atoms with Gasteiger partial charge in [0.1, 0.15) is 0 Å². The number of hydrogen-bond donors (Lipinski definition) is 1. The molecule has 80 valence electrons. The number of carboxylic acids is 1. The maximum absolute atomic E-state index is 11.1. The van der Waals surface area contributed by atoms with Crippen molar-refractivity contribution >= 4 is 29.0 Å². The fraction of sp³-hybridized carbons (Fsp3) is 0. The topological polar surface area (TPSA) is 37.3 Å². The molecule has 0 aliphatic rings. The number of rotatable bonds is 3. The van der Waals surface area contributed by atoms with Gasteiger partial charge in [-0.1, -0.05) is 36.4 Å². The molecule has 0 saturated heterocycles. The highest BCUT2D eigenvalue weighted by Crippen LogP contribution is 2.22. The van der Waals surface area contributed by atoms with Gasteiger partial charge in [0.2, 0.25) is 0 Å². The summed E-state index contributed by atoms with van der Waals surface area (Å²) in [5.74, 6) is -0.897. The zero-order chi connectivity index (χ0) is 11.4. The highest BCUT2D eigenvalue weighted by molar-refractivity contribution is 7.11. The van der Waals surface area contributed by atoms with Gasteiger partial charge in [0.15, 0.2) is 0 Å². The van der Waals surface area contributed by atoms with E-state index < -0.39 is 5.97 Å².